The van der Waals surface area contributed by atoms with Gasteiger partial charge in [-0.3, -0.25) is 9.59 Å². The van der Waals surface area contributed by atoms with Crippen molar-refractivity contribution in [2.45, 2.75) is 144 Å². The second kappa shape index (κ2) is 16.3. The lowest BCUT2D eigenvalue weighted by Gasteiger charge is -2.49. The summed E-state index contributed by atoms with van der Waals surface area (Å²) in [6.45, 7) is 25.1. The van der Waals surface area contributed by atoms with Crippen molar-refractivity contribution in [1.29, 1.82) is 0 Å². The molecule has 0 amide bonds. The zero-order chi connectivity index (χ0) is 39.6. The molecule has 296 valence electrons. The molecule has 2 saturated heterocycles. The van der Waals surface area contributed by atoms with E-state index in [4.69, 9.17) is 28.4 Å². The van der Waals surface area contributed by atoms with Gasteiger partial charge >= 0.3 is 11.9 Å². The molecule has 0 aliphatic carbocycles. The van der Waals surface area contributed by atoms with E-state index in [0.717, 1.165) is 33.4 Å². The molecule has 4 rings (SSSR count). The molecule has 1 spiro atoms. The van der Waals surface area contributed by atoms with Crippen LogP contribution in [0, 0.1) is 24.7 Å². The maximum Gasteiger partial charge on any atom is 0.306 e. The molecule has 1 unspecified atom stereocenters. The van der Waals surface area contributed by atoms with Crippen molar-refractivity contribution in [3.8, 4) is 11.5 Å². The third-order valence-corrected chi connectivity index (χ3v) is 10.2. The zero-order valence-electron chi connectivity index (χ0n) is 34.2. The average Bonchev–Trinajstić information content (AvgIpc) is 3.06. The lowest BCUT2D eigenvalue weighted by Crippen LogP contribution is -2.59. The summed E-state index contributed by atoms with van der Waals surface area (Å²) >= 11 is 0. The highest BCUT2D eigenvalue weighted by atomic mass is 16.8. The maximum absolute atomic E-state index is 12.8. The number of rotatable bonds is 12. The fourth-order valence-corrected chi connectivity index (χ4v) is 6.71. The van der Waals surface area contributed by atoms with Gasteiger partial charge in [0.1, 0.15) is 30.3 Å². The maximum atomic E-state index is 12.8. The van der Waals surface area contributed by atoms with Crippen LogP contribution >= 0.6 is 0 Å². The van der Waals surface area contributed by atoms with Gasteiger partial charge in [0.05, 0.1) is 19.8 Å². The number of aromatic hydroxyl groups is 2. The third kappa shape index (κ3) is 11.0. The van der Waals surface area contributed by atoms with Crippen molar-refractivity contribution in [3.05, 3.63) is 57.6 Å². The second-order valence-corrected chi connectivity index (χ2v) is 18.6. The first-order chi connectivity index (χ1) is 24.4. The van der Waals surface area contributed by atoms with Crippen LogP contribution in [0.4, 0.5) is 0 Å². The number of aryl methyl sites for hydroxylation is 4. The molecule has 2 aliphatic heterocycles. The number of hydrogen-bond acceptors (Lipinski definition) is 10. The molecule has 0 radical (unpaired) electrons. The fraction of sp³-hybridized carbons (Fsp3) is 0.674. The van der Waals surface area contributed by atoms with Gasteiger partial charge in [0.2, 0.25) is 0 Å². The molecule has 2 aromatic rings. The standard InChI is InChI=1S/C43H64O10/c1-27-19-29(21-31(35(27)46)39(3,4)5)13-15-33(44)49-23-41(9,10)37-51-25-43(26-52-37)17-18-48-38(53-43)42(11,12)24-50-34(45)16-14-30-20-28(2)36(47)32(22-30)40(6,7)8/h19-22,37-38,46-47H,13-18,23-26H2,1-12H3. The largest absolute Gasteiger partial charge is 0.507 e. The molecule has 2 aromatic carbocycles. The van der Waals surface area contributed by atoms with Gasteiger partial charge in [-0.2, -0.15) is 0 Å². The summed E-state index contributed by atoms with van der Waals surface area (Å²) < 4.78 is 36.4. The van der Waals surface area contributed by atoms with E-state index in [9.17, 15) is 19.8 Å². The quantitative estimate of drug-likeness (QED) is 0.207. The lowest BCUT2D eigenvalue weighted by molar-refractivity contribution is -0.364. The number of hydrogen-bond donors (Lipinski definition) is 2. The van der Waals surface area contributed by atoms with Crippen LogP contribution in [0.5, 0.6) is 11.5 Å². The second-order valence-electron chi connectivity index (χ2n) is 18.6. The third-order valence-electron chi connectivity index (χ3n) is 10.2. The van der Waals surface area contributed by atoms with E-state index in [1.807, 2.05) is 65.8 Å². The summed E-state index contributed by atoms with van der Waals surface area (Å²) in [5.74, 6) is -0.0212. The van der Waals surface area contributed by atoms with Gasteiger partial charge in [-0.05, 0) is 70.9 Å². The number of carbonyl (C=O) groups excluding carboxylic acids is 2. The molecule has 10 nitrogen and oxygen atoms in total. The van der Waals surface area contributed by atoms with E-state index in [1.165, 1.54) is 0 Å². The molecule has 1 atom stereocenters. The van der Waals surface area contributed by atoms with Gasteiger partial charge < -0.3 is 38.6 Å². The summed E-state index contributed by atoms with van der Waals surface area (Å²) in [5.41, 5.74) is 2.85. The van der Waals surface area contributed by atoms with E-state index in [0.29, 0.717) is 37.4 Å². The topological polar surface area (TPSA) is 130 Å². The Bertz CT molecular complexity index is 1600. The highest BCUT2D eigenvalue weighted by Crippen LogP contribution is 2.40. The summed E-state index contributed by atoms with van der Waals surface area (Å²) in [7, 11) is 0. The Morgan fingerprint density at radius 2 is 1.09 bits per heavy atom. The molecular formula is C43H64O10. The van der Waals surface area contributed by atoms with Crippen LogP contribution in [0.25, 0.3) is 0 Å². The van der Waals surface area contributed by atoms with Gasteiger partial charge in [-0.15, -0.1) is 0 Å². The molecule has 0 bridgehead atoms. The van der Waals surface area contributed by atoms with Crippen molar-refractivity contribution in [2.75, 3.05) is 33.0 Å². The molecule has 2 N–H and O–H groups in total. The van der Waals surface area contributed by atoms with Crippen LogP contribution in [-0.2, 0) is 61.7 Å². The summed E-state index contributed by atoms with van der Waals surface area (Å²) in [6.07, 6.45) is 0.778. The normalized spacial score (nSPS) is 21.4. The van der Waals surface area contributed by atoms with Crippen molar-refractivity contribution in [1.82, 2.24) is 0 Å². The van der Waals surface area contributed by atoms with Crippen molar-refractivity contribution < 1.29 is 48.2 Å². The molecule has 53 heavy (non-hydrogen) atoms. The predicted octanol–water partition coefficient (Wildman–Crippen LogP) is 7.89. The molecule has 2 fully saturated rings. The highest BCUT2D eigenvalue weighted by Gasteiger charge is 2.49. The number of ether oxygens (including phenoxy) is 6. The first-order valence-electron chi connectivity index (χ1n) is 18.9. The first kappa shape index (κ1) is 42.6. The van der Waals surface area contributed by atoms with Crippen molar-refractivity contribution >= 4 is 11.9 Å². The van der Waals surface area contributed by atoms with Crippen LogP contribution in [0.1, 0.15) is 122 Å². The van der Waals surface area contributed by atoms with E-state index >= 15 is 0 Å². The van der Waals surface area contributed by atoms with Crippen LogP contribution in [-0.4, -0.2) is 73.4 Å². The van der Waals surface area contributed by atoms with Gasteiger partial charge in [-0.1, -0.05) is 93.5 Å². The Morgan fingerprint density at radius 3 is 1.51 bits per heavy atom. The molecule has 10 heteroatoms. The summed E-state index contributed by atoms with van der Waals surface area (Å²) in [6, 6.07) is 7.78. The Labute approximate surface area is 316 Å². The molecule has 2 heterocycles. The van der Waals surface area contributed by atoms with E-state index in [2.05, 4.69) is 41.5 Å². The minimum absolute atomic E-state index is 0.112. The predicted molar refractivity (Wildman–Crippen MR) is 203 cm³/mol. The van der Waals surface area contributed by atoms with Crippen molar-refractivity contribution in [3.63, 3.8) is 0 Å². The van der Waals surface area contributed by atoms with Gasteiger partial charge in [0, 0.05) is 30.1 Å². The van der Waals surface area contributed by atoms with Crippen molar-refractivity contribution in [2.24, 2.45) is 10.8 Å². The number of benzene rings is 2. The van der Waals surface area contributed by atoms with E-state index in [1.54, 1.807) is 0 Å². The minimum atomic E-state index is -0.719. The number of esters is 2. The molecule has 0 aromatic heterocycles. The molecule has 2 aliphatic rings. The molecular weight excluding hydrogens is 676 g/mol. The smallest absolute Gasteiger partial charge is 0.306 e. The zero-order valence-corrected chi connectivity index (χ0v) is 34.2. The molecule has 0 saturated carbocycles. The van der Waals surface area contributed by atoms with E-state index < -0.39 is 29.0 Å². The van der Waals surface area contributed by atoms with Crippen LogP contribution < -0.4 is 0 Å². The highest BCUT2D eigenvalue weighted by molar-refractivity contribution is 5.70. The average molecular weight is 741 g/mol. The van der Waals surface area contributed by atoms with Crippen LogP contribution in [0.2, 0.25) is 0 Å². The number of phenolic OH excluding ortho intramolecular Hbond substituents is 2. The fourth-order valence-electron chi connectivity index (χ4n) is 6.71. The SMILES string of the molecule is Cc1cc(CCC(=O)OCC(C)(C)C2OCC3(CCOC(C(C)(C)COC(=O)CCc4cc(C)c(O)c(C(C)(C)C)c4)O3)CO2)cc(C(C)(C)C)c1O. The summed E-state index contributed by atoms with van der Waals surface area (Å²) in [4.78, 5) is 25.6. The Hall–Kier alpha value is -3.18. The van der Waals surface area contributed by atoms with Gasteiger partial charge in [-0.25, -0.2) is 0 Å². The number of phenols is 2. The minimum Gasteiger partial charge on any atom is -0.507 e. The monoisotopic (exact) mass is 740 g/mol. The van der Waals surface area contributed by atoms with Crippen LogP contribution in [0.15, 0.2) is 24.3 Å². The van der Waals surface area contributed by atoms with Crippen LogP contribution in [0.3, 0.4) is 0 Å². The Balaban J connectivity index is 1.23. The first-order valence-corrected chi connectivity index (χ1v) is 18.9. The Morgan fingerprint density at radius 1 is 0.679 bits per heavy atom. The van der Waals surface area contributed by atoms with Gasteiger partial charge in [0.15, 0.2) is 12.6 Å². The Kier molecular flexibility index (Phi) is 13.1. The lowest BCUT2D eigenvalue weighted by atomic mass is 9.83. The summed E-state index contributed by atoms with van der Waals surface area (Å²) in [5, 5.41) is 21.1. The van der Waals surface area contributed by atoms with Gasteiger partial charge in [0.25, 0.3) is 0 Å². The van der Waals surface area contributed by atoms with E-state index in [-0.39, 0.29) is 62.0 Å². The number of carbonyl (C=O) groups is 2.